The highest BCUT2D eigenvalue weighted by molar-refractivity contribution is 6.07. The van der Waals surface area contributed by atoms with Crippen molar-refractivity contribution in [2.45, 2.75) is 38.7 Å². The molecule has 0 radical (unpaired) electrons. The number of likely N-dealkylation sites (tertiary alicyclic amines) is 1. The molecule has 152 valence electrons. The predicted octanol–water partition coefficient (Wildman–Crippen LogP) is 5.10. The number of hydrogen-bond acceptors (Lipinski definition) is 3. The van der Waals surface area contributed by atoms with Crippen molar-refractivity contribution >= 4 is 22.5 Å². The van der Waals surface area contributed by atoms with Gasteiger partial charge in [-0.15, -0.1) is 0 Å². The number of ether oxygens (including phenoxy) is 1. The molecule has 3 aromatic carbocycles. The minimum Gasteiger partial charge on any atom is -0.486 e. The molecule has 1 fully saturated rings. The molecule has 0 N–H and O–H groups in total. The summed E-state index contributed by atoms with van der Waals surface area (Å²) in [6.07, 6.45) is 1.73. The summed E-state index contributed by atoms with van der Waals surface area (Å²) in [7, 11) is 0. The van der Waals surface area contributed by atoms with Gasteiger partial charge < -0.3 is 9.64 Å². The quantitative estimate of drug-likeness (QED) is 0.572. The normalized spacial score (nSPS) is 17.7. The highest BCUT2D eigenvalue weighted by Crippen LogP contribution is 2.41. The fourth-order valence-electron chi connectivity index (χ4n) is 5.00. The number of hydrogen-bond donors (Lipinski definition) is 0. The first-order valence-electron chi connectivity index (χ1n) is 10.6. The Labute approximate surface area is 176 Å². The number of piperidine rings is 1. The molecule has 0 bridgehead atoms. The Morgan fingerprint density at radius 2 is 1.73 bits per heavy atom. The Balaban J connectivity index is 1.37. The average molecular weight is 399 g/mol. The second-order valence-corrected chi connectivity index (χ2v) is 8.66. The molecule has 5 rings (SSSR count). The summed E-state index contributed by atoms with van der Waals surface area (Å²) in [5.74, 6) is 0.913. The van der Waals surface area contributed by atoms with E-state index >= 15 is 0 Å². The van der Waals surface area contributed by atoms with E-state index in [0.717, 1.165) is 33.0 Å². The number of carbonyl (C=O) groups excluding carboxylic acids is 2. The summed E-state index contributed by atoms with van der Waals surface area (Å²) < 4.78 is 6.44. The maximum atomic E-state index is 13.3. The molecule has 0 aromatic heterocycles. The van der Waals surface area contributed by atoms with E-state index in [0.29, 0.717) is 38.1 Å². The lowest BCUT2D eigenvalue weighted by Gasteiger charge is -2.44. The summed E-state index contributed by atoms with van der Waals surface area (Å²) in [6.45, 7) is 5.18. The first-order chi connectivity index (χ1) is 14.5. The second-order valence-electron chi connectivity index (χ2n) is 8.66. The summed E-state index contributed by atoms with van der Waals surface area (Å²) in [4.78, 5) is 28.1. The number of Topliss-reactive ketones (excluding diaryl/α,β-unsaturated/α-hetero) is 1. The van der Waals surface area contributed by atoms with Gasteiger partial charge in [0.15, 0.2) is 5.78 Å². The Hall–Kier alpha value is -3.14. The smallest absolute Gasteiger partial charge is 0.254 e. The number of benzene rings is 3. The van der Waals surface area contributed by atoms with Gasteiger partial charge in [-0.05, 0) is 47.9 Å². The van der Waals surface area contributed by atoms with Crippen molar-refractivity contribution in [1.29, 1.82) is 0 Å². The molecule has 0 atom stereocenters. The third-order valence-electron chi connectivity index (χ3n) is 6.51. The van der Waals surface area contributed by atoms with E-state index < -0.39 is 5.60 Å². The van der Waals surface area contributed by atoms with Gasteiger partial charge in [0.2, 0.25) is 0 Å². The van der Waals surface area contributed by atoms with E-state index in [9.17, 15) is 9.59 Å². The maximum absolute atomic E-state index is 13.3. The topological polar surface area (TPSA) is 46.6 Å². The number of rotatable bonds is 1. The molecule has 1 amide bonds. The molecule has 2 aliphatic rings. The van der Waals surface area contributed by atoms with E-state index in [1.807, 2.05) is 73.3 Å². The third kappa shape index (κ3) is 3.07. The molecule has 0 unspecified atom stereocenters. The highest BCUT2D eigenvalue weighted by Gasteiger charge is 2.44. The van der Waals surface area contributed by atoms with Crippen LogP contribution in [0.3, 0.4) is 0 Å². The number of amides is 1. The molecule has 4 heteroatoms. The van der Waals surface area contributed by atoms with E-state index in [1.165, 1.54) is 0 Å². The molecule has 2 aliphatic heterocycles. The Kier molecular flexibility index (Phi) is 4.39. The van der Waals surface area contributed by atoms with Gasteiger partial charge in [-0.25, -0.2) is 0 Å². The van der Waals surface area contributed by atoms with Crippen LogP contribution in [0.1, 0.15) is 51.1 Å². The highest BCUT2D eigenvalue weighted by atomic mass is 16.5. The predicted molar refractivity (Wildman–Crippen MR) is 117 cm³/mol. The number of carbonyl (C=O) groups is 2. The summed E-state index contributed by atoms with van der Waals surface area (Å²) in [6, 6.07) is 17.8. The van der Waals surface area contributed by atoms with Crippen molar-refractivity contribution in [1.82, 2.24) is 4.90 Å². The van der Waals surface area contributed by atoms with E-state index in [4.69, 9.17) is 4.74 Å². The Morgan fingerprint density at radius 3 is 2.53 bits per heavy atom. The standard InChI is InChI=1S/C26H25NO3/c1-17-14-18(2)24-22(28)16-26(30-23(24)15-17)10-12-27(13-11-26)25(29)21-9-5-7-19-6-3-4-8-20(19)21/h3-9,14-15H,10-13,16H2,1-2H3. The van der Waals surface area contributed by atoms with Crippen LogP contribution >= 0.6 is 0 Å². The molecular weight excluding hydrogens is 374 g/mol. The Bertz CT molecular complexity index is 1170. The largest absolute Gasteiger partial charge is 0.486 e. The zero-order valence-electron chi connectivity index (χ0n) is 17.4. The van der Waals surface area contributed by atoms with Gasteiger partial charge >= 0.3 is 0 Å². The van der Waals surface area contributed by atoms with Crippen molar-refractivity contribution in [3.8, 4) is 5.75 Å². The van der Waals surface area contributed by atoms with Gasteiger partial charge in [0.1, 0.15) is 11.4 Å². The van der Waals surface area contributed by atoms with Gasteiger partial charge in [-0.2, -0.15) is 0 Å². The van der Waals surface area contributed by atoms with Gasteiger partial charge in [0.05, 0.1) is 12.0 Å². The maximum Gasteiger partial charge on any atom is 0.254 e. The summed E-state index contributed by atoms with van der Waals surface area (Å²) in [5, 5.41) is 2.05. The molecule has 4 nitrogen and oxygen atoms in total. The fourth-order valence-corrected chi connectivity index (χ4v) is 5.00. The second kappa shape index (κ2) is 6.98. The molecule has 1 saturated heterocycles. The number of fused-ring (bicyclic) bond motifs is 2. The van der Waals surface area contributed by atoms with E-state index in [-0.39, 0.29) is 11.7 Å². The number of ketones is 1. The number of nitrogens with zero attached hydrogens (tertiary/aromatic N) is 1. The zero-order chi connectivity index (χ0) is 20.9. The first kappa shape index (κ1) is 18.9. The third-order valence-corrected chi connectivity index (χ3v) is 6.51. The average Bonchev–Trinajstić information content (AvgIpc) is 2.72. The number of aryl methyl sites for hydroxylation is 2. The van der Waals surface area contributed by atoms with Crippen molar-refractivity contribution in [3.63, 3.8) is 0 Å². The van der Waals surface area contributed by atoms with Crippen LogP contribution in [0.4, 0.5) is 0 Å². The van der Waals surface area contributed by atoms with Crippen LogP contribution in [-0.2, 0) is 0 Å². The summed E-state index contributed by atoms with van der Waals surface area (Å²) in [5.41, 5.74) is 3.04. The molecular formula is C26H25NO3. The van der Waals surface area contributed by atoms with Gasteiger partial charge in [0, 0.05) is 31.5 Å². The van der Waals surface area contributed by atoms with E-state index in [2.05, 4.69) is 0 Å². The SMILES string of the molecule is Cc1cc(C)c2c(c1)OC1(CCN(C(=O)c3cccc4ccccc34)CC1)CC2=O. The summed E-state index contributed by atoms with van der Waals surface area (Å²) >= 11 is 0. The molecule has 3 aromatic rings. The van der Waals surface area contributed by atoms with Crippen molar-refractivity contribution in [2.24, 2.45) is 0 Å². The molecule has 30 heavy (non-hydrogen) atoms. The van der Waals surface area contributed by atoms with Crippen LogP contribution in [0.2, 0.25) is 0 Å². The van der Waals surface area contributed by atoms with Crippen LogP contribution in [0.25, 0.3) is 10.8 Å². The van der Waals surface area contributed by atoms with Crippen LogP contribution < -0.4 is 4.74 Å². The van der Waals surface area contributed by atoms with Crippen molar-refractivity contribution < 1.29 is 14.3 Å². The van der Waals surface area contributed by atoms with E-state index in [1.54, 1.807) is 0 Å². The van der Waals surface area contributed by atoms with Crippen molar-refractivity contribution in [2.75, 3.05) is 13.1 Å². The molecule has 1 spiro atoms. The lowest BCUT2D eigenvalue weighted by Crippen LogP contribution is -2.52. The van der Waals surface area contributed by atoms with Crippen LogP contribution in [0.15, 0.2) is 54.6 Å². The van der Waals surface area contributed by atoms with Crippen molar-refractivity contribution in [3.05, 3.63) is 76.9 Å². The van der Waals surface area contributed by atoms with Crippen LogP contribution in [-0.4, -0.2) is 35.3 Å². The minimum atomic E-state index is -0.500. The lowest BCUT2D eigenvalue weighted by atomic mass is 9.81. The molecule has 0 aliphatic carbocycles. The van der Waals surface area contributed by atoms with Crippen LogP contribution in [0, 0.1) is 13.8 Å². The Morgan fingerprint density at radius 1 is 1.00 bits per heavy atom. The monoisotopic (exact) mass is 399 g/mol. The lowest BCUT2D eigenvalue weighted by molar-refractivity contribution is -0.00575. The molecule has 0 saturated carbocycles. The first-order valence-corrected chi connectivity index (χ1v) is 10.6. The zero-order valence-corrected chi connectivity index (χ0v) is 17.4. The van der Waals surface area contributed by atoms with Crippen LogP contribution in [0.5, 0.6) is 5.75 Å². The molecule has 2 heterocycles. The van der Waals surface area contributed by atoms with Gasteiger partial charge in [-0.1, -0.05) is 42.5 Å². The minimum absolute atomic E-state index is 0.0517. The fraction of sp³-hybridized carbons (Fsp3) is 0.308. The van der Waals surface area contributed by atoms with Gasteiger partial charge in [0.25, 0.3) is 5.91 Å². The van der Waals surface area contributed by atoms with Gasteiger partial charge in [-0.3, -0.25) is 9.59 Å².